The number of rotatable bonds is 2. The standard InChI is InChI=1S/C11H11BrN2O2/c12-9-3-1-2-8(4-9)6-14-7-10(15)13-5-11(14)16/h1-4H,5-7H2,(H,13,15). The highest BCUT2D eigenvalue weighted by Gasteiger charge is 2.22. The third kappa shape index (κ3) is 2.61. The average molecular weight is 283 g/mol. The van der Waals surface area contributed by atoms with Gasteiger partial charge in [0.25, 0.3) is 0 Å². The summed E-state index contributed by atoms with van der Waals surface area (Å²) in [6.07, 6.45) is 0. The Morgan fingerprint density at radius 3 is 2.94 bits per heavy atom. The zero-order valence-electron chi connectivity index (χ0n) is 8.57. The second-order valence-corrected chi connectivity index (χ2v) is 4.57. The summed E-state index contributed by atoms with van der Waals surface area (Å²) in [5, 5.41) is 2.52. The predicted octanol–water partition coefficient (Wildman–Crippen LogP) is 0.908. The van der Waals surface area contributed by atoms with Crippen LogP contribution in [-0.2, 0) is 16.1 Å². The predicted molar refractivity (Wildman–Crippen MR) is 62.6 cm³/mol. The molecule has 1 aromatic rings. The van der Waals surface area contributed by atoms with Gasteiger partial charge in [-0.05, 0) is 17.7 Å². The van der Waals surface area contributed by atoms with E-state index in [9.17, 15) is 9.59 Å². The molecule has 0 spiro atoms. The summed E-state index contributed by atoms with van der Waals surface area (Å²) < 4.78 is 0.971. The summed E-state index contributed by atoms with van der Waals surface area (Å²) >= 11 is 3.37. The van der Waals surface area contributed by atoms with E-state index in [0.29, 0.717) is 6.54 Å². The lowest BCUT2D eigenvalue weighted by Gasteiger charge is -2.26. The molecule has 0 unspecified atom stereocenters. The van der Waals surface area contributed by atoms with Crippen LogP contribution >= 0.6 is 15.9 Å². The number of nitrogens with one attached hydrogen (secondary N) is 1. The molecule has 1 aliphatic heterocycles. The first-order chi connectivity index (χ1) is 7.65. The monoisotopic (exact) mass is 282 g/mol. The van der Waals surface area contributed by atoms with E-state index in [1.165, 1.54) is 0 Å². The van der Waals surface area contributed by atoms with E-state index >= 15 is 0 Å². The molecule has 0 saturated carbocycles. The Hall–Kier alpha value is -1.36. The number of halogens is 1. The van der Waals surface area contributed by atoms with E-state index in [1.54, 1.807) is 4.90 Å². The van der Waals surface area contributed by atoms with Crippen molar-refractivity contribution in [1.82, 2.24) is 10.2 Å². The van der Waals surface area contributed by atoms with Gasteiger partial charge in [-0.3, -0.25) is 9.59 Å². The Labute approximate surface area is 102 Å². The van der Waals surface area contributed by atoms with Crippen molar-refractivity contribution in [3.63, 3.8) is 0 Å². The van der Waals surface area contributed by atoms with Crippen LogP contribution in [0.2, 0.25) is 0 Å². The molecule has 2 rings (SSSR count). The van der Waals surface area contributed by atoms with Crippen molar-refractivity contribution >= 4 is 27.7 Å². The van der Waals surface area contributed by atoms with Gasteiger partial charge >= 0.3 is 0 Å². The van der Waals surface area contributed by atoms with E-state index < -0.39 is 0 Å². The van der Waals surface area contributed by atoms with Gasteiger partial charge in [-0.25, -0.2) is 0 Å². The molecule has 4 nitrogen and oxygen atoms in total. The summed E-state index contributed by atoms with van der Waals surface area (Å²) in [6, 6.07) is 7.71. The Balaban J connectivity index is 2.08. The van der Waals surface area contributed by atoms with Crippen LogP contribution in [0.25, 0.3) is 0 Å². The number of carbonyl (C=O) groups excluding carboxylic acids is 2. The third-order valence-electron chi connectivity index (χ3n) is 2.39. The molecule has 1 aromatic carbocycles. The van der Waals surface area contributed by atoms with Gasteiger partial charge in [0.1, 0.15) is 0 Å². The first-order valence-electron chi connectivity index (χ1n) is 4.94. The van der Waals surface area contributed by atoms with Crippen molar-refractivity contribution in [2.24, 2.45) is 0 Å². The lowest BCUT2D eigenvalue weighted by atomic mass is 10.2. The van der Waals surface area contributed by atoms with E-state index in [0.717, 1.165) is 10.0 Å². The number of benzene rings is 1. The summed E-state index contributed by atoms with van der Waals surface area (Å²) in [4.78, 5) is 24.2. The second-order valence-electron chi connectivity index (χ2n) is 3.66. The number of amides is 2. The van der Waals surface area contributed by atoms with Crippen molar-refractivity contribution in [2.45, 2.75) is 6.54 Å². The Morgan fingerprint density at radius 1 is 1.38 bits per heavy atom. The highest BCUT2D eigenvalue weighted by atomic mass is 79.9. The average Bonchev–Trinajstić information content (AvgIpc) is 2.24. The van der Waals surface area contributed by atoms with E-state index in [1.807, 2.05) is 24.3 Å². The molecule has 1 heterocycles. The molecule has 1 aliphatic rings. The van der Waals surface area contributed by atoms with Crippen LogP contribution in [0, 0.1) is 0 Å². The molecule has 1 N–H and O–H groups in total. The molecule has 0 aliphatic carbocycles. The van der Waals surface area contributed by atoms with Gasteiger partial charge in [-0.15, -0.1) is 0 Å². The first kappa shape index (κ1) is 11.1. The molecule has 2 amide bonds. The first-order valence-corrected chi connectivity index (χ1v) is 5.73. The van der Waals surface area contributed by atoms with Gasteiger partial charge < -0.3 is 10.2 Å². The minimum atomic E-state index is -0.102. The number of nitrogens with zero attached hydrogens (tertiary/aromatic N) is 1. The minimum Gasteiger partial charge on any atom is -0.345 e. The van der Waals surface area contributed by atoms with Gasteiger partial charge in [0, 0.05) is 11.0 Å². The van der Waals surface area contributed by atoms with Gasteiger partial charge in [0.15, 0.2) is 0 Å². The van der Waals surface area contributed by atoms with Gasteiger partial charge in [-0.2, -0.15) is 0 Å². The number of carbonyl (C=O) groups is 2. The smallest absolute Gasteiger partial charge is 0.242 e. The molecule has 1 fully saturated rings. The van der Waals surface area contributed by atoms with Gasteiger partial charge in [0.2, 0.25) is 11.8 Å². The van der Waals surface area contributed by atoms with E-state index in [2.05, 4.69) is 21.2 Å². The largest absolute Gasteiger partial charge is 0.345 e. The Bertz CT molecular complexity index is 434. The molecule has 0 atom stereocenters. The van der Waals surface area contributed by atoms with Crippen LogP contribution in [0.4, 0.5) is 0 Å². The third-order valence-corrected chi connectivity index (χ3v) is 2.88. The maximum Gasteiger partial charge on any atom is 0.242 e. The molecule has 0 radical (unpaired) electrons. The number of hydrogen-bond donors (Lipinski definition) is 1. The maximum absolute atomic E-state index is 11.5. The van der Waals surface area contributed by atoms with Gasteiger partial charge in [-0.1, -0.05) is 28.1 Å². The molecule has 84 valence electrons. The fourth-order valence-electron chi connectivity index (χ4n) is 1.60. The molecular weight excluding hydrogens is 272 g/mol. The van der Waals surface area contributed by atoms with Crippen LogP contribution in [0.15, 0.2) is 28.7 Å². The summed E-state index contributed by atoms with van der Waals surface area (Å²) in [7, 11) is 0. The zero-order valence-corrected chi connectivity index (χ0v) is 10.2. The Morgan fingerprint density at radius 2 is 2.19 bits per heavy atom. The molecule has 0 aromatic heterocycles. The molecule has 16 heavy (non-hydrogen) atoms. The maximum atomic E-state index is 11.5. The molecule has 0 bridgehead atoms. The van der Waals surface area contributed by atoms with E-state index in [-0.39, 0.29) is 24.9 Å². The summed E-state index contributed by atoms with van der Waals surface area (Å²) in [5.41, 5.74) is 1.01. The van der Waals surface area contributed by atoms with Crippen LogP contribution in [-0.4, -0.2) is 29.8 Å². The van der Waals surface area contributed by atoms with Crippen molar-refractivity contribution < 1.29 is 9.59 Å². The van der Waals surface area contributed by atoms with Crippen molar-refractivity contribution in [3.05, 3.63) is 34.3 Å². The molecule has 1 saturated heterocycles. The van der Waals surface area contributed by atoms with Crippen molar-refractivity contribution in [2.75, 3.05) is 13.1 Å². The summed E-state index contributed by atoms with van der Waals surface area (Å²) in [6.45, 7) is 0.726. The number of piperazine rings is 1. The number of hydrogen-bond acceptors (Lipinski definition) is 2. The topological polar surface area (TPSA) is 49.4 Å². The quantitative estimate of drug-likeness (QED) is 0.877. The Kier molecular flexibility index (Phi) is 3.24. The molecular formula is C11H11BrN2O2. The highest BCUT2D eigenvalue weighted by Crippen LogP contribution is 2.13. The minimum absolute atomic E-state index is 0.0421. The van der Waals surface area contributed by atoms with Crippen LogP contribution in [0.3, 0.4) is 0 Å². The van der Waals surface area contributed by atoms with Crippen molar-refractivity contribution in [3.8, 4) is 0 Å². The molecule has 5 heteroatoms. The lowest BCUT2D eigenvalue weighted by molar-refractivity contribution is -0.141. The van der Waals surface area contributed by atoms with Crippen LogP contribution in [0.5, 0.6) is 0 Å². The second kappa shape index (κ2) is 4.65. The van der Waals surface area contributed by atoms with Gasteiger partial charge in [0.05, 0.1) is 13.1 Å². The van der Waals surface area contributed by atoms with Crippen LogP contribution in [0.1, 0.15) is 5.56 Å². The SMILES string of the molecule is O=C1CN(Cc2cccc(Br)c2)C(=O)CN1. The fraction of sp³-hybridized carbons (Fsp3) is 0.273. The highest BCUT2D eigenvalue weighted by molar-refractivity contribution is 9.10. The summed E-state index contributed by atoms with van der Waals surface area (Å²) in [5.74, 6) is -0.144. The van der Waals surface area contributed by atoms with E-state index in [4.69, 9.17) is 0 Å². The van der Waals surface area contributed by atoms with Crippen molar-refractivity contribution in [1.29, 1.82) is 0 Å². The normalized spacial score (nSPS) is 16.2. The van der Waals surface area contributed by atoms with Crippen LogP contribution < -0.4 is 5.32 Å². The lowest BCUT2D eigenvalue weighted by Crippen LogP contribution is -2.50. The zero-order chi connectivity index (χ0) is 11.5. The fourth-order valence-corrected chi connectivity index (χ4v) is 2.05.